The van der Waals surface area contributed by atoms with Crippen LogP contribution in [0.3, 0.4) is 0 Å². The Hall–Kier alpha value is -3.46. The Bertz CT molecular complexity index is 1100. The smallest absolute Gasteiger partial charge is 0.314 e. The van der Waals surface area contributed by atoms with Gasteiger partial charge in [-0.25, -0.2) is 14.8 Å². The van der Waals surface area contributed by atoms with Crippen LogP contribution >= 0.6 is 0 Å². The number of rotatable bonds is 4. The summed E-state index contributed by atoms with van der Waals surface area (Å²) >= 11 is 0. The molecule has 2 aliphatic rings. The molecule has 2 amide bonds. The van der Waals surface area contributed by atoms with E-state index in [0.29, 0.717) is 18.9 Å². The van der Waals surface area contributed by atoms with E-state index >= 15 is 0 Å². The maximum Gasteiger partial charge on any atom is 0.314 e. The molecule has 2 fully saturated rings. The predicted octanol–water partition coefficient (Wildman–Crippen LogP) is 2.48. The van der Waals surface area contributed by atoms with Crippen molar-refractivity contribution < 1.29 is 9.53 Å². The minimum atomic E-state index is -0.386. The van der Waals surface area contributed by atoms with E-state index < -0.39 is 0 Å². The van der Waals surface area contributed by atoms with Gasteiger partial charge in [0.05, 0.1) is 24.4 Å². The number of piperidine rings is 1. The first-order chi connectivity index (χ1) is 15.7. The maximum absolute atomic E-state index is 11.6. The van der Waals surface area contributed by atoms with Gasteiger partial charge in [-0.3, -0.25) is 4.98 Å². The highest BCUT2D eigenvalue weighted by Gasteiger charge is 2.23. The van der Waals surface area contributed by atoms with Gasteiger partial charge in [0.15, 0.2) is 5.82 Å². The van der Waals surface area contributed by atoms with E-state index in [1.807, 2.05) is 6.07 Å². The molecule has 3 N–H and O–H groups in total. The number of nitrogens with one attached hydrogen (secondary N) is 1. The average Bonchev–Trinajstić information content (AvgIpc) is 2.85. The molecule has 1 atom stereocenters. The molecule has 5 rings (SSSR count). The number of fused-ring (bicyclic) bond motifs is 1. The van der Waals surface area contributed by atoms with Crippen molar-refractivity contribution in [2.75, 3.05) is 49.6 Å². The Morgan fingerprint density at radius 2 is 1.88 bits per heavy atom. The first-order valence-corrected chi connectivity index (χ1v) is 11.0. The van der Waals surface area contributed by atoms with Gasteiger partial charge in [-0.05, 0) is 31.0 Å². The normalized spacial score (nSPS) is 19.2. The lowest BCUT2D eigenvalue weighted by molar-refractivity contribution is 0.122. The molecule has 32 heavy (non-hydrogen) atoms. The SMILES string of the molecule is NC(=O)N1CCCC(Nc2nc(-c3ccc(N4CCOCC4)cc3)cc3nccnc23)C1. The molecule has 0 radical (unpaired) electrons. The molecule has 2 saturated heterocycles. The van der Waals surface area contributed by atoms with Gasteiger partial charge in [0.1, 0.15) is 5.52 Å². The summed E-state index contributed by atoms with van der Waals surface area (Å²) in [6.45, 7) is 4.57. The molecular weight excluding hydrogens is 406 g/mol. The first-order valence-electron chi connectivity index (χ1n) is 11.0. The molecule has 2 aliphatic heterocycles. The number of hydrogen-bond donors (Lipinski definition) is 2. The minimum Gasteiger partial charge on any atom is -0.378 e. The Morgan fingerprint density at radius 3 is 2.66 bits per heavy atom. The van der Waals surface area contributed by atoms with Crippen molar-refractivity contribution in [3.8, 4) is 11.3 Å². The standard InChI is InChI=1S/C23H27N7O2/c24-23(31)30-9-1-2-17(15-30)27-22-21-20(25-7-8-26-21)14-19(28-22)16-3-5-18(6-4-16)29-10-12-32-13-11-29/h3-8,14,17H,1-2,9-13,15H2,(H2,24,31)(H,27,28). The number of aromatic nitrogens is 3. The number of nitrogens with zero attached hydrogens (tertiary/aromatic N) is 5. The predicted molar refractivity (Wildman–Crippen MR) is 124 cm³/mol. The summed E-state index contributed by atoms with van der Waals surface area (Å²) in [6.07, 6.45) is 5.19. The number of pyridine rings is 1. The molecule has 4 heterocycles. The molecule has 0 spiro atoms. The quantitative estimate of drug-likeness (QED) is 0.650. The van der Waals surface area contributed by atoms with Gasteiger partial charge in [0.25, 0.3) is 0 Å². The second-order valence-corrected chi connectivity index (χ2v) is 8.19. The number of likely N-dealkylation sites (tertiary alicyclic amines) is 1. The number of hydrogen-bond acceptors (Lipinski definition) is 7. The Kier molecular flexibility index (Phi) is 5.72. The minimum absolute atomic E-state index is 0.0629. The summed E-state index contributed by atoms with van der Waals surface area (Å²) in [7, 11) is 0. The number of ether oxygens (including phenoxy) is 1. The lowest BCUT2D eigenvalue weighted by Gasteiger charge is -2.32. The number of carbonyl (C=O) groups excluding carboxylic acids is 1. The zero-order valence-corrected chi connectivity index (χ0v) is 17.9. The number of amides is 2. The number of morpholine rings is 1. The lowest BCUT2D eigenvalue weighted by Crippen LogP contribution is -2.47. The van der Waals surface area contributed by atoms with E-state index in [2.05, 4.69) is 44.5 Å². The third-order valence-corrected chi connectivity index (χ3v) is 6.07. The summed E-state index contributed by atoms with van der Waals surface area (Å²) in [5, 5.41) is 3.50. The molecule has 9 heteroatoms. The van der Waals surface area contributed by atoms with Gasteiger partial charge in [0, 0.05) is 55.9 Å². The van der Waals surface area contributed by atoms with Crippen LogP contribution < -0.4 is 16.0 Å². The third-order valence-electron chi connectivity index (χ3n) is 6.07. The number of anilines is 2. The molecule has 1 unspecified atom stereocenters. The van der Waals surface area contributed by atoms with Crippen LogP contribution in [0.25, 0.3) is 22.3 Å². The fraction of sp³-hybridized carbons (Fsp3) is 0.391. The van der Waals surface area contributed by atoms with Gasteiger partial charge >= 0.3 is 6.03 Å². The molecule has 3 aromatic rings. The second kappa shape index (κ2) is 8.96. The van der Waals surface area contributed by atoms with Crippen molar-refractivity contribution in [3.05, 3.63) is 42.7 Å². The molecule has 0 saturated carbocycles. The van der Waals surface area contributed by atoms with Crippen LogP contribution in [-0.2, 0) is 4.74 Å². The van der Waals surface area contributed by atoms with Crippen molar-refractivity contribution in [1.82, 2.24) is 19.9 Å². The van der Waals surface area contributed by atoms with Crippen LogP contribution in [0.4, 0.5) is 16.3 Å². The van der Waals surface area contributed by atoms with E-state index in [-0.39, 0.29) is 12.1 Å². The van der Waals surface area contributed by atoms with Gasteiger partial charge in [-0.1, -0.05) is 12.1 Å². The zero-order valence-electron chi connectivity index (χ0n) is 17.9. The first kappa shape index (κ1) is 20.4. The monoisotopic (exact) mass is 433 g/mol. The van der Waals surface area contributed by atoms with Crippen molar-refractivity contribution >= 4 is 28.6 Å². The van der Waals surface area contributed by atoms with Gasteiger partial charge < -0.3 is 25.6 Å². The van der Waals surface area contributed by atoms with E-state index in [4.69, 9.17) is 15.5 Å². The number of carbonyl (C=O) groups is 1. The third kappa shape index (κ3) is 4.29. The zero-order chi connectivity index (χ0) is 21.9. The Balaban J connectivity index is 1.43. The van der Waals surface area contributed by atoms with Crippen LogP contribution in [0.1, 0.15) is 12.8 Å². The van der Waals surface area contributed by atoms with Crippen LogP contribution in [-0.4, -0.2) is 71.3 Å². The number of urea groups is 1. The number of benzene rings is 1. The highest BCUT2D eigenvalue weighted by molar-refractivity contribution is 5.88. The largest absolute Gasteiger partial charge is 0.378 e. The Morgan fingerprint density at radius 1 is 1.09 bits per heavy atom. The van der Waals surface area contributed by atoms with Gasteiger partial charge in [-0.2, -0.15) is 0 Å². The topological polar surface area (TPSA) is 110 Å². The van der Waals surface area contributed by atoms with Crippen LogP contribution in [0.15, 0.2) is 42.7 Å². The van der Waals surface area contributed by atoms with Crippen LogP contribution in [0.5, 0.6) is 0 Å². The van der Waals surface area contributed by atoms with Crippen molar-refractivity contribution in [2.45, 2.75) is 18.9 Å². The molecular formula is C23H27N7O2. The molecule has 2 aromatic heterocycles. The van der Waals surface area contributed by atoms with Crippen molar-refractivity contribution in [1.29, 1.82) is 0 Å². The summed E-state index contributed by atoms with van der Waals surface area (Å²) in [4.78, 5) is 29.5. The molecule has 166 valence electrons. The van der Waals surface area contributed by atoms with Crippen molar-refractivity contribution in [2.24, 2.45) is 5.73 Å². The van der Waals surface area contributed by atoms with E-state index in [9.17, 15) is 4.79 Å². The average molecular weight is 434 g/mol. The highest BCUT2D eigenvalue weighted by Crippen LogP contribution is 2.28. The van der Waals surface area contributed by atoms with E-state index in [1.54, 1.807) is 17.3 Å². The van der Waals surface area contributed by atoms with E-state index in [1.165, 1.54) is 5.69 Å². The summed E-state index contributed by atoms with van der Waals surface area (Å²) < 4.78 is 5.45. The second-order valence-electron chi connectivity index (χ2n) is 8.19. The summed E-state index contributed by atoms with van der Waals surface area (Å²) in [5.74, 6) is 0.680. The summed E-state index contributed by atoms with van der Waals surface area (Å²) in [6, 6.07) is 10.1. The van der Waals surface area contributed by atoms with Crippen molar-refractivity contribution in [3.63, 3.8) is 0 Å². The fourth-order valence-corrected chi connectivity index (χ4v) is 4.37. The Labute approximate surface area is 186 Å². The maximum atomic E-state index is 11.6. The molecule has 9 nitrogen and oxygen atoms in total. The lowest BCUT2D eigenvalue weighted by atomic mass is 10.1. The number of primary amides is 1. The van der Waals surface area contributed by atoms with Gasteiger partial charge in [0.2, 0.25) is 0 Å². The highest BCUT2D eigenvalue weighted by atomic mass is 16.5. The van der Waals surface area contributed by atoms with E-state index in [0.717, 1.165) is 61.4 Å². The summed E-state index contributed by atoms with van der Waals surface area (Å²) in [5.41, 5.74) is 10.0. The molecule has 0 bridgehead atoms. The molecule has 0 aliphatic carbocycles. The number of nitrogens with two attached hydrogens (primary N) is 1. The van der Waals surface area contributed by atoms with Gasteiger partial charge in [-0.15, -0.1) is 0 Å². The fourth-order valence-electron chi connectivity index (χ4n) is 4.37. The molecule has 1 aromatic carbocycles. The van der Waals surface area contributed by atoms with Crippen LogP contribution in [0, 0.1) is 0 Å². The van der Waals surface area contributed by atoms with Crippen LogP contribution in [0.2, 0.25) is 0 Å².